The third kappa shape index (κ3) is 9.28. The lowest BCUT2D eigenvalue weighted by Crippen LogP contribution is -2.56. The Hall–Kier alpha value is -2.32. The Balaban J connectivity index is 1.44. The highest BCUT2D eigenvalue weighted by molar-refractivity contribution is 5.69. The summed E-state index contributed by atoms with van der Waals surface area (Å²) in [4.78, 5) is 23.6. The minimum absolute atomic E-state index is 0.00754. The highest BCUT2D eigenvalue weighted by Gasteiger charge is 2.30. The zero-order valence-electron chi connectivity index (χ0n) is 22.3. The first-order valence-corrected chi connectivity index (χ1v) is 13.4. The van der Waals surface area contributed by atoms with E-state index in [-0.39, 0.29) is 30.3 Å². The van der Waals surface area contributed by atoms with Crippen molar-refractivity contribution in [3.8, 4) is 5.75 Å². The number of hydrogen-bond donors (Lipinski definition) is 2. The van der Waals surface area contributed by atoms with Crippen LogP contribution in [0.1, 0.15) is 83.6 Å². The molecule has 3 rings (SSSR count). The smallest absolute Gasteiger partial charge is 0.407 e. The zero-order chi connectivity index (χ0) is 26.0. The molecule has 0 radical (unpaired) electrons. The number of alkyl carbamates (subject to hydrolysis) is 1. The number of carbonyl (C=O) groups excluding carboxylic acids is 2. The van der Waals surface area contributed by atoms with Crippen molar-refractivity contribution < 1.29 is 28.5 Å². The Morgan fingerprint density at radius 2 is 1.83 bits per heavy atom. The number of amides is 1. The van der Waals surface area contributed by atoms with Gasteiger partial charge in [0.1, 0.15) is 11.4 Å². The molecular formula is C28H44N2O6. The van der Waals surface area contributed by atoms with Gasteiger partial charge in [-0.3, -0.25) is 4.79 Å². The van der Waals surface area contributed by atoms with E-state index in [1.54, 1.807) is 0 Å². The lowest BCUT2D eigenvalue weighted by atomic mass is 9.82. The topological polar surface area (TPSA) is 95.1 Å². The van der Waals surface area contributed by atoms with E-state index in [1.807, 2.05) is 32.9 Å². The molecule has 2 aliphatic rings. The third-order valence-electron chi connectivity index (χ3n) is 6.84. The highest BCUT2D eigenvalue weighted by Crippen LogP contribution is 2.38. The van der Waals surface area contributed by atoms with Gasteiger partial charge >= 0.3 is 12.1 Å². The fourth-order valence-electron chi connectivity index (χ4n) is 4.99. The van der Waals surface area contributed by atoms with Crippen LogP contribution in [0.5, 0.6) is 5.75 Å². The van der Waals surface area contributed by atoms with E-state index < -0.39 is 5.60 Å². The van der Waals surface area contributed by atoms with Gasteiger partial charge in [-0.1, -0.05) is 18.2 Å². The van der Waals surface area contributed by atoms with E-state index in [2.05, 4.69) is 22.8 Å². The number of hydrogen-bond acceptors (Lipinski definition) is 7. The van der Waals surface area contributed by atoms with Crippen LogP contribution in [0.2, 0.25) is 0 Å². The molecule has 1 aliphatic carbocycles. The molecule has 1 amide bonds. The van der Waals surface area contributed by atoms with Crippen molar-refractivity contribution in [3.63, 3.8) is 0 Å². The molecule has 1 heterocycles. The summed E-state index contributed by atoms with van der Waals surface area (Å²) < 4.78 is 22.5. The Morgan fingerprint density at radius 1 is 1.08 bits per heavy atom. The second kappa shape index (κ2) is 13.8. The first kappa shape index (κ1) is 28.3. The maximum atomic E-state index is 12.3. The molecule has 8 nitrogen and oxygen atoms in total. The summed E-state index contributed by atoms with van der Waals surface area (Å²) in [5.41, 5.74) is 0.730. The Bertz CT molecular complexity index is 832. The van der Waals surface area contributed by atoms with Crippen molar-refractivity contribution in [1.82, 2.24) is 10.6 Å². The maximum Gasteiger partial charge on any atom is 0.407 e. The maximum absolute atomic E-state index is 12.3. The number of rotatable bonds is 10. The summed E-state index contributed by atoms with van der Waals surface area (Å²) in [7, 11) is 1.41. The van der Waals surface area contributed by atoms with Gasteiger partial charge < -0.3 is 29.6 Å². The van der Waals surface area contributed by atoms with Gasteiger partial charge in [0, 0.05) is 12.5 Å². The predicted octanol–water partition coefficient (Wildman–Crippen LogP) is 4.71. The summed E-state index contributed by atoms with van der Waals surface area (Å²) in [6, 6.07) is 8.32. The Kier molecular flexibility index (Phi) is 10.9. The van der Waals surface area contributed by atoms with Crippen LogP contribution in [-0.4, -0.2) is 62.7 Å². The SMILES string of the molecule is COC(=O)CCCOc1ccccc1[C@H]1CC[C@@H](OC[C@@H]2NCCC[C@@H]2NC(=O)OC(C)(C)C)CC1. The number of piperidine rings is 1. The van der Waals surface area contributed by atoms with E-state index in [1.165, 1.54) is 12.7 Å². The largest absolute Gasteiger partial charge is 0.493 e. The standard InChI is InChI=1S/C28H44N2O6/c1-28(2,3)36-27(32)30-23-10-7-17-29-24(23)19-35-21-15-13-20(14-16-21)22-9-5-6-11-25(22)34-18-8-12-26(31)33-4/h5-6,9,11,20-21,23-24,29H,7-8,10,12-19H2,1-4H3,(H,30,32)/t20-,21+,23-,24-/m0/s1. The van der Waals surface area contributed by atoms with Gasteiger partial charge in [-0.25, -0.2) is 4.79 Å². The van der Waals surface area contributed by atoms with E-state index in [9.17, 15) is 9.59 Å². The highest BCUT2D eigenvalue weighted by atomic mass is 16.6. The lowest BCUT2D eigenvalue weighted by Gasteiger charge is -2.36. The number of benzene rings is 1. The lowest BCUT2D eigenvalue weighted by molar-refractivity contribution is -0.140. The molecule has 2 N–H and O–H groups in total. The molecule has 1 saturated carbocycles. The minimum Gasteiger partial charge on any atom is -0.493 e. The Morgan fingerprint density at radius 3 is 2.56 bits per heavy atom. The van der Waals surface area contributed by atoms with Crippen molar-refractivity contribution in [2.45, 2.75) is 102 Å². The number of ether oxygens (including phenoxy) is 4. The van der Waals surface area contributed by atoms with Crippen LogP contribution >= 0.6 is 0 Å². The van der Waals surface area contributed by atoms with Gasteiger partial charge in [-0.2, -0.15) is 0 Å². The molecule has 0 aromatic heterocycles. The fraction of sp³-hybridized carbons (Fsp3) is 0.714. The minimum atomic E-state index is -0.510. The predicted molar refractivity (Wildman–Crippen MR) is 138 cm³/mol. The van der Waals surface area contributed by atoms with Crippen molar-refractivity contribution in [2.24, 2.45) is 0 Å². The van der Waals surface area contributed by atoms with Crippen LogP contribution in [0, 0.1) is 0 Å². The van der Waals surface area contributed by atoms with Crippen LogP contribution in [0.4, 0.5) is 4.79 Å². The molecule has 36 heavy (non-hydrogen) atoms. The molecule has 1 saturated heterocycles. The average molecular weight is 505 g/mol. The van der Waals surface area contributed by atoms with Crippen molar-refractivity contribution >= 4 is 12.1 Å². The van der Waals surface area contributed by atoms with Crippen LogP contribution < -0.4 is 15.4 Å². The van der Waals surface area contributed by atoms with Crippen LogP contribution in [0.15, 0.2) is 24.3 Å². The van der Waals surface area contributed by atoms with Gasteiger partial charge in [0.15, 0.2) is 0 Å². The summed E-state index contributed by atoms with van der Waals surface area (Å²) in [5.74, 6) is 1.14. The van der Waals surface area contributed by atoms with Crippen LogP contribution in [0.25, 0.3) is 0 Å². The summed E-state index contributed by atoms with van der Waals surface area (Å²) in [6.45, 7) is 7.63. The van der Waals surface area contributed by atoms with Crippen molar-refractivity contribution in [3.05, 3.63) is 29.8 Å². The average Bonchev–Trinajstić information content (AvgIpc) is 2.85. The summed E-state index contributed by atoms with van der Waals surface area (Å²) >= 11 is 0. The monoisotopic (exact) mass is 504 g/mol. The molecule has 8 heteroatoms. The van der Waals surface area contributed by atoms with Crippen molar-refractivity contribution in [1.29, 1.82) is 0 Å². The first-order chi connectivity index (χ1) is 17.2. The number of esters is 1. The second-order valence-corrected chi connectivity index (χ2v) is 10.8. The van der Waals surface area contributed by atoms with E-state index in [4.69, 9.17) is 18.9 Å². The van der Waals surface area contributed by atoms with Gasteiger partial charge in [-0.05, 0) is 89.8 Å². The normalized spacial score (nSPS) is 24.6. The molecule has 202 valence electrons. The fourth-order valence-corrected chi connectivity index (χ4v) is 4.99. The van der Waals surface area contributed by atoms with Crippen LogP contribution in [-0.2, 0) is 19.0 Å². The molecule has 2 fully saturated rings. The second-order valence-electron chi connectivity index (χ2n) is 10.8. The summed E-state index contributed by atoms with van der Waals surface area (Å²) in [6.07, 6.45) is 6.89. The third-order valence-corrected chi connectivity index (χ3v) is 6.84. The van der Waals surface area contributed by atoms with Gasteiger partial charge in [0.2, 0.25) is 0 Å². The van der Waals surface area contributed by atoms with E-state index in [0.717, 1.165) is 50.8 Å². The van der Waals surface area contributed by atoms with Crippen LogP contribution in [0.3, 0.4) is 0 Å². The molecule has 2 atom stereocenters. The quantitative estimate of drug-likeness (QED) is 0.352. The number of methoxy groups -OCH3 is 1. The van der Waals surface area contributed by atoms with Gasteiger partial charge in [-0.15, -0.1) is 0 Å². The molecule has 1 aromatic rings. The molecule has 0 spiro atoms. The van der Waals surface area contributed by atoms with Crippen molar-refractivity contribution in [2.75, 3.05) is 26.9 Å². The number of carbonyl (C=O) groups is 2. The van der Waals surface area contributed by atoms with E-state index in [0.29, 0.717) is 32.0 Å². The molecular weight excluding hydrogens is 460 g/mol. The first-order valence-electron chi connectivity index (χ1n) is 13.4. The molecule has 1 aromatic carbocycles. The zero-order valence-corrected chi connectivity index (χ0v) is 22.3. The van der Waals surface area contributed by atoms with E-state index >= 15 is 0 Å². The number of nitrogens with one attached hydrogen (secondary N) is 2. The van der Waals surface area contributed by atoms with Gasteiger partial charge in [0.25, 0.3) is 0 Å². The van der Waals surface area contributed by atoms with Gasteiger partial charge in [0.05, 0.1) is 32.5 Å². The Labute approximate surface area is 215 Å². The summed E-state index contributed by atoms with van der Waals surface area (Å²) in [5, 5.41) is 6.55. The molecule has 0 bridgehead atoms. The molecule has 0 unspecified atom stereocenters. The number of para-hydroxylation sites is 1. The molecule has 1 aliphatic heterocycles.